The Morgan fingerprint density at radius 1 is 1.26 bits per heavy atom. The normalized spacial score (nSPS) is 15.0. The second kappa shape index (κ2) is 6.85. The number of hydrogen-bond acceptors (Lipinski definition) is 1. The predicted molar refractivity (Wildman–Crippen MR) is 83.9 cm³/mol. The van der Waals surface area contributed by atoms with Gasteiger partial charge >= 0.3 is 0 Å². The predicted octanol–water partition coefficient (Wildman–Crippen LogP) is 4.79. The molecule has 1 unspecified atom stereocenters. The fraction of sp³-hybridized carbons (Fsp3) is 0.625. The standard InChI is InChI=1S/C16H25BrFN/c1-11(2)16(5,10-19-12(3)4)9-13-7-6-8-14(18)15(13)17/h6-8,11-12,19H,9-10H2,1-5H3. The van der Waals surface area contributed by atoms with Crippen molar-refractivity contribution in [3.63, 3.8) is 0 Å². The third-order valence-corrected chi connectivity index (χ3v) is 4.82. The maximum Gasteiger partial charge on any atom is 0.137 e. The van der Waals surface area contributed by atoms with Crippen LogP contribution in [-0.2, 0) is 6.42 Å². The summed E-state index contributed by atoms with van der Waals surface area (Å²) in [5.74, 6) is 0.342. The molecule has 0 saturated heterocycles. The number of halogens is 2. The molecular formula is C16H25BrFN. The molecule has 0 aliphatic rings. The SMILES string of the molecule is CC(C)NCC(C)(Cc1cccc(F)c1Br)C(C)C. The smallest absolute Gasteiger partial charge is 0.137 e. The quantitative estimate of drug-likeness (QED) is 0.791. The van der Waals surface area contributed by atoms with Crippen LogP contribution < -0.4 is 5.32 Å². The zero-order valence-corrected chi connectivity index (χ0v) is 14.1. The highest BCUT2D eigenvalue weighted by Gasteiger charge is 2.29. The van der Waals surface area contributed by atoms with Gasteiger partial charge in [-0.15, -0.1) is 0 Å². The van der Waals surface area contributed by atoms with Gasteiger partial charge in [-0.3, -0.25) is 0 Å². The average molecular weight is 330 g/mol. The monoisotopic (exact) mass is 329 g/mol. The van der Waals surface area contributed by atoms with Crippen LogP contribution in [0.5, 0.6) is 0 Å². The van der Waals surface area contributed by atoms with Crippen LogP contribution in [-0.4, -0.2) is 12.6 Å². The van der Waals surface area contributed by atoms with E-state index in [1.54, 1.807) is 6.07 Å². The van der Waals surface area contributed by atoms with Gasteiger partial charge in [-0.1, -0.05) is 46.8 Å². The lowest BCUT2D eigenvalue weighted by Gasteiger charge is -2.35. The molecule has 0 saturated carbocycles. The van der Waals surface area contributed by atoms with Gasteiger partial charge in [-0.25, -0.2) is 4.39 Å². The van der Waals surface area contributed by atoms with Crippen molar-refractivity contribution in [3.8, 4) is 0 Å². The van der Waals surface area contributed by atoms with E-state index in [-0.39, 0.29) is 11.2 Å². The second-order valence-corrected chi connectivity index (χ2v) is 7.03. The van der Waals surface area contributed by atoms with Crippen LogP contribution >= 0.6 is 15.9 Å². The minimum absolute atomic E-state index is 0.112. The molecule has 0 radical (unpaired) electrons. The van der Waals surface area contributed by atoms with Gasteiger partial charge in [0.05, 0.1) is 4.47 Å². The van der Waals surface area contributed by atoms with E-state index in [4.69, 9.17) is 0 Å². The van der Waals surface area contributed by atoms with Gasteiger partial charge in [0.2, 0.25) is 0 Å². The summed E-state index contributed by atoms with van der Waals surface area (Å²) in [5, 5.41) is 3.51. The van der Waals surface area contributed by atoms with Crippen LogP contribution in [0.15, 0.2) is 22.7 Å². The molecule has 0 aliphatic carbocycles. The molecule has 1 rings (SSSR count). The topological polar surface area (TPSA) is 12.0 Å². The lowest BCUT2D eigenvalue weighted by Crippen LogP contribution is -2.40. The summed E-state index contributed by atoms with van der Waals surface area (Å²) in [4.78, 5) is 0. The van der Waals surface area contributed by atoms with E-state index in [1.165, 1.54) is 6.07 Å². The van der Waals surface area contributed by atoms with Crippen molar-refractivity contribution >= 4 is 15.9 Å². The molecule has 0 heterocycles. The first-order valence-corrected chi connectivity index (χ1v) is 7.72. The van der Waals surface area contributed by atoms with Gasteiger partial charge in [0.15, 0.2) is 0 Å². The lowest BCUT2D eigenvalue weighted by atomic mass is 9.74. The van der Waals surface area contributed by atoms with E-state index < -0.39 is 0 Å². The highest BCUT2D eigenvalue weighted by atomic mass is 79.9. The molecule has 1 atom stereocenters. The van der Waals surface area contributed by atoms with E-state index in [0.29, 0.717) is 16.4 Å². The summed E-state index contributed by atoms with van der Waals surface area (Å²) in [7, 11) is 0. The molecule has 0 amide bonds. The molecule has 0 aliphatic heterocycles. The molecule has 1 aromatic carbocycles. The second-order valence-electron chi connectivity index (χ2n) is 6.23. The van der Waals surface area contributed by atoms with E-state index in [1.807, 2.05) is 6.07 Å². The Hall–Kier alpha value is -0.410. The summed E-state index contributed by atoms with van der Waals surface area (Å²) >= 11 is 3.37. The first-order chi connectivity index (χ1) is 8.76. The Kier molecular flexibility index (Phi) is 6.00. The maximum atomic E-state index is 13.6. The summed E-state index contributed by atoms with van der Waals surface area (Å²) in [5.41, 5.74) is 1.15. The summed E-state index contributed by atoms with van der Waals surface area (Å²) < 4.78 is 14.2. The summed E-state index contributed by atoms with van der Waals surface area (Å²) in [6.45, 7) is 12.0. The van der Waals surface area contributed by atoms with Gasteiger partial charge in [0.25, 0.3) is 0 Å². The number of hydrogen-bond donors (Lipinski definition) is 1. The van der Waals surface area contributed by atoms with E-state index in [0.717, 1.165) is 18.5 Å². The Morgan fingerprint density at radius 2 is 1.89 bits per heavy atom. The minimum Gasteiger partial charge on any atom is -0.314 e. The fourth-order valence-electron chi connectivity index (χ4n) is 2.03. The molecule has 0 fully saturated rings. The maximum absolute atomic E-state index is 13.6. The van der Waals surface area contributed by atoms with Crippen molar-refractivity contribution in [2.45, 2.75) is 47.1 Å². The van der Waals surface area contributed by atoms with Crippen LogP contribution in [0.3, 0.4) is 0 Å². The Bertz CT molecular complexity index is 417. The molecule has 1 aromatic rings. The molecule has 3 heteroatoms. The Balaban J connectivity index is 2.92. The molecule has 108 valence electrons. The first-order valence-electron chi connectivity index (χ1n) is 6.92. The largest absolute Gasteiger partial charge is 0.314 e. The van der Waals surface area contributed by atoms with Gasteiger partial charge in [0.1, 0.15) is 5.82 Å². The molecule has 0 bridgehead atoms. The highest BCUT2D eigenvalue weighted by molar-refractivity contribution is 9.10. The Labute approximate surface area is 125 Å². The molecule has 1 nitrogen and oxygen atoms in total. The molecule has 1 N–H and O–H groups in total. The fourth-order valence-corrected chi connectivity index (χ4v) is 2.43. The van der Waals surface area contributed by atoms with Crippen LogP contribution in [0.4, 0.5) is 4.39 Å². The third-order valence-electron chi connectivity index (χ3n) is 3.93. The van der Waals surface area contributed by atoms with E-state index in [2.05, 4.69) is 55.9 Å². The van der Waals surface area contributed by atoms with Crippen LogP contribution in [0.25, 0.3) is 0 Å². The van der Waals surface area contributed by atoms with Crippen LogP contribution in [0.1, 0.15) is 40.2 Å². The Morgan fingerprint density at radius 3 is 2.42 bits per heavy atom. The van der Waals surface area contributed by atoms with Gasteiger partial charge < -0.3 is 5.32 Å². The molecule has 19 heavy (non-hydrogen) atoms. The van der Waals surface area contributed by atoms with Crippen molar-refractivity contribution in [2.24, 2.45) is 11.3 Å². The highest BCUT2D eigenvalue weighted by Crippen LogP contribution is 2.34. The van der Waals surface area contributed by atoms with Crippen molar-refractivity contribution in [1.29, 1.82) is 0 Å². The van der Waals surface area contributed by atoms with Gasteiger partial charge in [0, 0.05) is 12.6 Å². The lowest BCUT2D eigenvalue weighted by molar-refractivity contribution is 0.201. The summed E-state index contributed by atoms with van der Waals surface area (Å²) in [6.07, 6.45) is 0.864. The number of nitrogens with one attached hydrogen (secondary N) is 1. The molecular weight excluding hydrogens is 305 g/mol. The van der Waals surface area contributed by atoms with Crippen LogP contribution in [0, 0.1) is 17.2 Å². The number of rotatable bonds is 6. The van der Waals surface area contributed by atoms with Crippen molar-refractivity contribution < 1.29 is 4.39 Å². The molecule has 0 aromatic heterocycles. The zero-order chi connectivity index (χ0) is 14.6. The van der Waals surface area contributed by atoms with Crippen molar-refractivity contribution in [2.75, 3.05) is 6.54 Å². The van der Waals surface area contributed by atoms with E-state index >= 15 is 0 Å². The summed E-state index contributed by atoms with van der Waals surface area (Å²) in [6, 6.07) is 5.75. The van der Waals surface area contributed by atoms with E-state index in [9.17, 15) is 4.39 Å². The van der Waals surface area contributed by atoms with Gasteiger partial charge in [-0.05, 0) is 45.3 Å². The van der Waals surface area contributed by atoms with Crippen LogP contribution in [0.2, 0.25) is 0 Å². The third kappa shape index (κ3) is 4.57. The minimum atomic E-state index is -0.180. The average Bonchev–Trinajstić information content (AvgIpc) is 2.32. The molecule has 0 spiro atoms. The van der Waals surface area contributed by atoms with Crippen molar-refractivity contribution in [1.82, 2.24) is 5.32 Å². The van der Waals surface area contributed by atoms with Gasteiger partial charge in [-0.2, -0.15) is 0 Å². The van der Waals surface area contributed by atoms with Crippen molar-refractivity contribution in [3.05, 3.63) is 34.1 Å². The zero-order valence-electron chi connectivity index (χ0n) is 12.6. The first kappa shape index (κ1) is 16.6. The number of benzene rings is 1.